The molecule has 0 aliphatic rings. The number of carbonyl (C=O) groups is 1. The molecule has 0 unspecified atom stereocenters. The number of nitrogens with zero attached hydrogens (tertiary/aromatic N) is 1. The van der Waals surface area contributed by atoms with Crippen molar-refractivity contribution in [2.75, 3.05) is 0 Å². The van der Waals surface area contributed by atoms with E-state index in [1.165, 1.54) is 17.7 Å². The maximum Gasteiger partial charge on any atom is 0.268 e. The molecule has 4 aromatic rings. The van der Waals surface area contributed by atoms with Crippen molar-refractivity contribution in [1.82, 2.24) is 9.88 Å². The van der Waals surface area contributed by atoms with Gasteiger partial charge in [0, 0.05) is 13.1 Å². The molecule has 0 radical (unpaired) electrons. The molecule has 1 N–H and O–H groups in total. The van der Waals surface area contributed by atoms with Crippen molar-refractivity contribution in [3.05, 3.63) is 92.7 Å². The van der Waals surface area contributed by atoms with Crippen LogP contribution in [0.25, 0.3) is 10.2 Å². The molecule has 2 aromatic carbocycles. The minimum atomic E-state index is -0.306. The first-order chi connectivity index (χ1) is 14.7. The molecule has 3 nitrogen and oxygen atoms in total. The van der Waals surface area contributed by atoms with Crippen LogP contribution in [0, 0.1) is 5.82 Å². The number of nitrogens with one attached hydrogen (secondary N) is 1. The molecule has 0 aliphatic heterocycles. The first kappa shape index (κ1) is 21.8. The molecule has 0 atom stereocenters. The van der Waals surface area contributed by atoms with Crippen LogP contribution in [0.1, 0.15) is 48.0 Å². The zero-order valence-electron chi connectivity index (χ0n) is 17.7. The van der Waals surface area contributed by atoms with Gasteiger partial charge in [-0.2, -0.15) is 0 Å². The van der Waals surface area contributed by atoms with E-state index in [9.17, 15) is 9.18 Å². The fraction of sp³-hybridized carbons (Fsp3) is 0.240. The first-order valence-electron chi connectivity index (χ1n) is 10.1. The summed E-state index contributed by atoms with van der Waals surface area (Å²) < 4.78 is 17.6. The van der Waals surface area contributed by atoms with E-state index in [1.807, 2.05) is 16.7 Å². The molecule has 0 bridgehead atoms. The molecular weight excluding hydrogens is 475 g/mol. The van der Waals surface area contributed by atoms with Gasteiger partial charge in [0.2, 0.25) is 0 Å². The number of fused-ring (bicyclic) bond motifs is 1. The summed E-state index contributed by atoms with van der Waals surface area (Å²) in [5.41, 5.74) is 4.86. The quantitative estimate of drug-likeness (QED) is 0.319. The summed E-state index contributed by atoms with van der Waals surface area (Å²) in [6, 6.07) is 18.8. The van der Waals surface area contributed by atoms with Crippen molar-refractivity contribution >= 4 is 43.4 Å². The van der Waals surface area contributed by atoms with Crippen LogP contribution in [-0.2, 0) is 18.5 Å². The number of thiophene rings is 1. The zero-order valence-corrected chi connectivity index (χ0v) is 20.1. The monoisotopic (exact) mass is 498 g/mol. The molecule has 160 valence electrons. The second-order valence-corrected chi connectivity index (χ2v) is 11.1. The van der Waals surface area contributed by atoms with Gasteiger partial charge in [0.15, 0.2) is 0 Å². The van der Waals surface area contributed by atoms with Crippen LogP contribution in [0.15, 0.2) is 64.5 Å². The minimum Gasteiger partial charge on any atom is -0.347 e. The van der Waals surface area contributed by atoms with E-state index in [0.29, 0.717) is 12.2 Å². The van der Waals surface area contributed by atoms with Gasteiger partial charge in [-0.1, -0.05) is 57.2 Å². The molecule has 0 saturated carbocycles. The molecule has 6 heteroatoms. The number of hydrogen-bond donors (Lipinski definition) is 1. The van der Waals surface area contributed by atoms with Gasteiger partial charge in [0.25, 0.3) is 5.91 Å². The molecule has 0 fully saturated rings. The number of halogens is 2. The summed E-state index contributed by atoms with van der Waals surface area (Å²) in [6.45, 7) is 7.46. The van der Waals surface area contributed by atoms with E-state index in [1.54, 1.807) is 23.5 Å². The van der Waals surface area contributed by atoms with Gasteiger partial charge in [-0.05, 0) is 62.3 Å². The Bertz CT molecular complexity index is 1230. The molecule has 0 saturated heterocycles. The highest BCUT2D eigenvalue weighted by Crippen LogP contribution is 2.33. The normalized spacial score (nSPS) is 11.8. The van der Waals surface area contributed by atoms with Gasteiger partial charge in [0.1, 0.15) is 11.5 Å². The smallest absolute Gasteiger partial charge is 0.268 e. The standard InChI is InChI=1S/C25H24BrFN2OS/c1-25(2,3)18-9-7-16(8-10-18)15-29-20-13-23(26)31-22(20)12-21(29)24(30)28-14-17-5-4-6-19(27)11-17/h4-13H,14-15H2,1-3H3,(H,28,30). The summed E-state index contributed by atoms with van der Waals surface area (Å²) in [6.07, 6.45) is 0. The molecule has 0 spiro atoms. The van der Waals surface area contributed by atoms with Crippen molar-refractivity contribution in [2.45, 2.75) is 39.3 Å². The van der Waals surface area contributed by atoms with Crippen LogP contribution < -0.4 is 5.32 Å². The number of amides is 1. The van der Waals surface area contributed by atoms with Gasteiger partial charge in [-0.25, -0.2) is 4.39 Å². The SMILES string of the molecule is CC(C)(C)c1ccc(Cn2c(C(=O)NCc3cccc(F)c3)cc3sc(Br)cc32)cc1. The highest BCUT2D eigenvalue weighted by Gasteiger charge is 2.19. The second kappa shape index (κ2) is 8.60. The van der Waals surface area contributed by atoms with E-state index in [2.05, 4.69) is 66.3 Å². The summed E-state index contributed by atoms with van der Waals surface area (Å²) in [7, 11) is 0. The Morgan fingerprint density at radius 1 is 1.06 bits per heavy atom. The first-order valence-corrected chi connectivity index (χ1v) is 11.7. The predicted molar refractivity (Wildman–Crippen MR) is 129 cm³/mol. The Hall–Kier alpha value is -2.44. The Kier molecular flexibility index (Phi) is 6.04. The third-order valence-corrected chi connectivity index (χ3v) is 6.87. The lowest BCUT2D eigenvalue weighted by Crippen LogP contribution is -2.25. The number of carbonyl (C=O) groups excluding carboxylic acids is 1. The predicted octanol–water partition coefficient (Wildman–Crippen LogP) is 6.88. The molecule has 2 heterocycles. The number of rotatable bonds is 5. The molecule has 1 amide bonds. The summed E-state index contributed by atoms with van der Waals surface area (Å²) in [5, 5.41) is 2.93. The largest absolute Gasteiger partial charge is 0.347 e. The second-order valence-electron chi connectivity index (χ2n) is 8.68. The fourth-order valence-electron chi connectivity index (χ4n) is 3.58. The molecule has 0 aliphatic carbocycles. The molecule has 2 aromatic heterocycles. The van der Waals surface area contributed by atoms with Gasteiger partial charge in [0.05, 0.1) is 14.0 Å². The van der Waals surface area contributed by atoms with Crippen LogP contribution in [-0.4, -0.2) is 10.5 Å². The Morgan fingerprint density at radius 2 is 1.81 bits per heavy atom. The molecular formula is C25H24BrFN2OS. The minimum absolute atomic E-state index is 0.0967. The molecule has 31 heavy (non-hydrogen) atoms. The average molecular weight is 499 g/mol. The Balaban J connectivity index is 1.61. The van der Waals surface area contributed by atoms with Crippen LogP contribution >= 0.6 is 27.3 Å². The maximum atomic E-state index is 13.4. The van der Waals surface area contributed by atoms with Crippen molar-refractivity contribution in [1.29, 1.82) is 0 Å². The summed E-state index contributed by atoms with van der Waals surface area (Å²) >= 11 is 5.16. The van der Waals surface area contributed by atoms with E-state index in [0.717, 1.165) is 25.1 Å². The van der Waals surface area contributed by atoms with Crippen LogP contribution in [0.2, 0.25) is 0 Å². The van der Waals surface area contributed by atoms with Gasteiger partial charge in [-0.3, -0.25) is 4.79 Å². The van der Waals surface area contributed by atoms with Gasteiger partial charge >= 0.3 is 0 Å². The van der Waals surface area contributed by atoms with Gasteiger partial charge in [-0.15, -0.1) is 11.3 Å². The lowest BCUT2D eigenvalue weighted by atomic mass is 9.87. The maximum absolute atomic E-state index is 13.4. The van der Waals surface area contributed by atoms with Crippen LogP contribution in [0.3, 0.4) is 0 Å². The fourth-order valence-corrected chi connectivity index (χ4v) is 5.15. The van der Waals surface area contributed by atoms with E-state index < -0.39 is 0 Å². The number of aromatic nitrogens is 1. The van der Waals surface area contributed by atoms with Crippen molar-refractivity contribution < 1.29 is 9.18 Å². The van der Waals surface area contributed by atoms with Crippen molar-refractivity contribution in [2.24, 2.45) is 0 Å². The van der Waals surface area contributed by atoms with E-state index in [4.69, 9.17) is 0 Å². The Labute approximate surface area is 194 Å². The van der Waals surface area contributed by atoms with Crippen LogP contribution in [0.4, 0.5) is 4.39 Å². The highest BCUT2D eigenvalue weighted by molar-refractivity contribution is 9.11. The lowest BCUT2D eigenvalue weighted by molar-refractivity contribution is 0.0942. The summed E-state index contributed by atoms with van der Waals surface area (Å²) in [5.74, 6) is -0.478. The molecule has 4 rings (SSSR count). The van der Waals surface area contributed by atoms with Gasteiger partial charge < -0.3 is 9.88 Å². The van der Waals surface area contributed by atoms with Crippen molar-refractivity contribution in [3.63, 3.8) is 0 Å². The van der Waals surface area contributed by atoms with Crippen molar-refractivity contribution in [3.8, 4) is 0 Å². The van der Waals surface area contributed by atoms with E-state index >= 15 is 0 Å². The number of benzene rings is 2. The number of hydrogen-bond acceptors (Lipinski definition) is 2. The Morgan fingerprint density at radius 3 is 2.48 bits per heavy atom. The summed E-state index contributed by atoms with van der Waals surface area (Å²) in [4.78, 5) is 13.0. The average Bonchev–Trinajstić information content (AvgIpc) is 3.23. The third kappa shape index (κ3) is 4.91. The third-order valence-electron chi connectivity index (χ3n) is 5.29. The zero-order chi connectivity index (χ0) is 22.2. The highest BCUT2D eigenvalue weighted by atomic mass is 79.9. The topological polar surface area (TPSA) is 34.0 Å². The lowest BCUT2D eigenvalue weighted by Gasteiger charge is -2.19. The van der Waals surface area contributed by atoms with Crippen LogP contribution in [0.5, 0.6) is 0 Å². The van der Waals surface area contributed by atoms with E-state index in [-0.39, 0.29) is 23.7 Å².